The lowest BCUT2D eigenvalue weighted by Crippen LogP contribution is -2.25. The second-order valence-electron chi connectivity index (χ2n) is 5.09. The maximum atomic E-state index is 6.07. The third-order valence-electron chi connectivity index (χ3n) is 3.67. The molecule has 6 heteroatoms. The van der Waals surface area contributed by atoms with Gasteiger partial charge in [-0.3, -0.25) is 0 Å². The predicted molar refractivity (Wildman–Crippen MR) is 79.8 cm³/mol. The van der Waals surface area contributed by atoms with E-state index in [0.29, 0.717) is 16.0 Å². The molecule has 1 aliphatic rings. The Balaban J connectivity index is 1.88. The fourth-order valence-electron chi connectivity index (χ4n) is 2.33. The predicted octanol–water partition coefficient (Wildman–Crippen LogP) is 3.02. The normalized spacial score (nSPS) is 15.6. The van der Waals surface area contributed by atoms with Crippen molar-refractivity contribution < 1.29 is 0 Å². The maximum Gasteiger partial charge on any atom is 0.201 e. The number of aromatic nitrogens is 2. The number of benzene rings is 1. The van der Waals surface area contributed by atoms with Crippen LogP contribution in [0.4, 0.5) is 5.95 Å². The summed E-state index contributed by atoms with van der Waals surface area (Å²) in [6, 6.07) is 4.34. The highest BCUT2D eigenvalue weighted by atomic mass is 35.5. The number of halogens is 2. The molecule has 1 aliphatic carbocycles. The Morgan fingerprint density at radius 3 is 2.74 bits per heavy atom. The van der Waals surface area contributed by atoms with Crippen molar-refractivity contribution in [1.29, 1.82) is 0 Å². The van der Waals surface area contributed by atoms with Crippen LogP contribution in [0.15, 0.2) is 12.1 Å². The standard InChI is InChI=1S/C13H16Cl2N4/c1-18(8-2-3-8)4-5-19-12-7-10(15)9(14)6-11(12)17-13(19)16/h6-8H,2-5H2,1H3,(H2,16,17). The first kappa shape index (κ1) is 13.0. The molecule has 1 saturated carbocycles. The summed E-state index contributed by atoms with van der Waals surface area (Å²) in [7, 11) is 2.15. The molecule has 1 heterocycles. The molecule has 1 aromatic heterocycles. The monoisotopic (exact) mass is 298 g/mol. The van der Waals surface area contributed by atoms with Gasteiger partial charge in [-0.15, -0.1) is 0 Å². The van der Waals surface area contributed by atoms with Crippen molar-refractivity contribution in [2.24, 2.45) is 0 Å². The first-order chi connectivity index (χ1) is 9.06. The highest BCUT2D eigenvalue weighted by Crippen LogP contribution is 2.29. The van der Waals surface area contributed by atoms with Crippen LogP contribution in [0.1, 0.15) is 12.8 Å². The second-order valence-corrected chi connectivity index (χ2v) is 5.90. The van der Waals surface area contributed by atoms with Crippen LogP contribution in [-0.2, 0) is 6.54 Å². The average Bonchev–Trinajstić information content (AvgIpc) is 3.15. The van der Waals surface area contributed by atoms with Gasteiger partial charge in [0.2, 0.25) is 5.95 Å². The van der Waals surface area contributed by atoms with Crippen molar-refractivity contribution >= 4 is 40.2 Å². The van der Waals surface area contributed by atoms with Crippen molar-refractivity contribution in [1.82, 2.24) is 14.5 Å². The Kier molecular flexibility index (Phi) is 3.33. The molecule has 0 aliphatic heterocycles. The largest absolute Gasteiger partial charge is 0.369 e. The lowest BCUT2D eigenvalue weighted by molar-refractivity contribution is 0.311. The summed E-state index contributed by atoms with van der Waals surface area (Å²) >= 11 is 12.1. The number of imidazole rings is 1. The lowest BCUT2D eigenvalue weighted by Gasteiger charge is -2.16. The highest BCUT2D eigenvalue weighted by molar-refractivity contribution is 6.42. The molecule has 19 heavy (non-hydrogen) atoms. The zero-order chi connectivity index (χ0) is 13.6. The number of anilines is 1. The molecule has 0 radical (unpaired) electrons. The van der Waals surface area contributed by atoms with E-state index in [1.165, 1.54) is 12.8 Å². The van der Waals surface area contributed by atoms with Gasteiger partial charge in [0.05, 0.1) is 21.1 Å². The van der Waals surface area contributed by atoms with Gasteiger partial charge in [-0.2, -0.15) is 0 Å². The number of nitrogens with two attached hydrogens (primary N) is 1. The van der Waals surface area contributed by atoms with Crippen LogP contribution in [0.25, 0.3) is 11.0 Å². The van der Waals surface area contributed by atoms with E-state index in [2.05, 4.69) is 16.9 Å². The number of likely N-dealkylation sites (N-methyl/N-ethyl adjacent to an activating group) is 1. The van der Waals surface area contributed by atoms with E-state index in [-0.39, 0.29) is 0 Å². The molecule has 0 spiro atoms. The first-order valence-electron chi connectivity index (χ1n) is 6.37. The number of hydrogen-bond acceptors (Lipinski definition) is 3. The molecule has 0 bridgehead atoms. The fraction of sp³-hybridized carbons (Fsp3) is 0.462. The minimum atomic E-state index is 0.508. The summed E-state index contributed by atoms with van der Waals surface area (Å²) < 4.78 is 2.00. The number of nitrogen functional groups attached to an aromatic ring is 1. The first-order valence-corrected chi connectivity index (χ1v) is 7.13. The maximum absolute atomic E-state index is 6.07. The van der Waals surface area contributed by atoms with Gasteiger partial charge in [0.15, 0.2) is 0 Å². The minimum Gasteiger partial charge on any atom is -0.369 e. The van der Waals surface area contributed by atoms with Crippen molar-refractivity contribution in [3.63, 3.8) is 0 Å². The van der Waals surface area contributed by atoms with Gasteiger partial charge in [0, 0.05) is 19.1 Å². The summed E-state index contributed by atoms with van der Waals surface area (Å²) in [6.45, 7) is 1.77. The van der Waals surface area contributed by atoms with Gasteiger partial charge in [-0.25, -0.2) is 4.98 Å². The van der Waals surface area contributed by atoms with Crippen molar-refractivity contribution in [3.05, 3.63) is 22.2 Å². The van der Waals surface area contributed by atoms with Crippen LogP contribution in [0, 0.1) is 0 Å². The zero-order valence-electron chi connectivity index (χ0n) is 10.7. The molecule has 102 valence electrons. The van der Waals surface area contributed by atoms with Crippen molar-refractivity contribution in [3.8, 4) is 0 Å². The lowest BCUT2D eigenvalue weighted by atomic mass is 10.3. The molecule has 1 fully saturated rings. The number of nitrogens with zero attached hydrogens (tertiary/aromatic N) is 3. The summed E-state index contributed by atoms with van der Waals surface area (Å²) in [6.07, 6.45) is 2.61. The van der Waals surface area contributed by atoms with E-state index in [0.717, 1.165) is 30.2 Å². The summed E-state index contributed by atoms with van der Waals surface area (Å²) in [4.78, 5) is 6.70. The smallest absolute Gasteiger partial charge is 0.201 e. The Morgan fingerprint density at radius 1 is 1.37 bits per heavy atom. The molecule has 0 unspecified atom stereocenters. The molecule has 2 aromatic rings. The molecule has 3 rings (SSSR count). The molecule has 2 N–H and O–H groups in total. The van der Waals surface area contributed by atoms with Crippen LogP contribution in [-0.4, -0.2) is 34.1 Å². The summed E-state index contributed by atoms with van der Waals surface area (Å²) in [5.41, 5.74) is 7.71. The molecule has 0 saturated heterocycles. The molecular weight excluding hydrogens is 283 g/mol. The quantitative estimate of drug-likeness (QED) is 0.944. The summed E-state index contributed by atoms with van der Waals surface area (Å²) in [5.74, 6) is 0.512. The van der Waals surface area contributed by atoms with Gasteiger partial charge in [-0.05, 0) is 32.0 Å². The van der Waals surface area contributed by atoms with Crippen LogP contribution < -0.4 is 5.73 Å². The number of hydrogen-bond donors (Lipinski definition) is 1. The van der Waals surface area contributed by atoms with Gasteiger partial charge in [0.25, 0.3) is 0 Å². The van der Waals surface area contributed by atoms with E-state index >= 15 is 0 Å². The SMILES string of the molecule is CN(CCn1c(N)nc2cc(Cl)c(Cl)cc21)C1CC1. The average molecular weight is 299 g/mol. The van der Waals surface area contributed by atoms with Crippen LogP contribution in [0.5, 0.6) is 0 Å². The van der Waals surface area contributed by atoms with Crippen LogP contribution in [0.2, 0.25) is 10.0 Å². The van der Waals surface area contributed by atoms with Crippen molar-refractivity contribution in [2.75, 3.05) is 19.3 Å². The summed E-state index contributed by atoms with van der Waals surface area (Å²) in [5, 5.41) is 1.04. The third-order valence-corrected chi connectivity index (χ3v) is 4.39. The van der Waals surface area contributed by atoms with Crippen LogP contribution in [0.3, 0.4) is 0 Å². The Morgan fingerprint density at radius 2 is 2.05 bits per heavy atom. The van der Waals surface area contributed by atoms with E-state index in [1.54, 1.807) is 6.07 Å². The van der Waals surface area contributed by atoms with Gasteiger partial charge >= 0.3 is 0 Å². The van der Waals surface area contributed by atoms with Gasteiger partial charge in [-0.1, -0.05) is 23.2 Å². The topological polar surface area (TPSA) is 47.1 Å². The molecular formula is C13H16Cl2N4. The molecule has 4 nitrogen and oxygen atoms in total. The highest BCUT2D eigenvalue weighted by Gasteiger charge is 2.25. The van der Waals surface area contributed by atoms with E-state index in [9.17, 15) is 0 Å². The second kappa shape index (κ2) is 4.85. The molecule has 0 atom stereocenters. The van der Waals surface area contributed by atoms with E-state index < -0.39 is 0 Å². The zero-order valence-corrected chi connectivity index (χ0v) is 12.2. The molecule has 1 aromatic carbocycles. The van der Waals surface area contributed by atoms with Crippen molar-refractivity contribution in [2.45, 2.75) is 25.4 Å². The Bertz CT molecular complexity index is 619. The number of rotatable bonds is 4. The Labute approximate surface area is 122 Å². The van der Waals surface area contributed by atoms with Gasteiger partial charge < -0.3 is 15.2 Å². The Hall–Kier alpha value is -0.970. The van der Waals surface area contributed by atoms with E-state index in [1.807, 2.05) is 10.6 Å². The fourth-order valence-corrected chi connectivity index (χ4v) is 2.65. The van der Waals surface area contributed by atoms with Crippen LogP contribution >= 0.6 is 23.2 Å². The van der Waals surface area contributed by atoms with Gasteiger partial charge in [0.1, 0.15) is 0 Å². The minimum absolute atomic E-state index is 0.508. The number of fused-ring (bicyclic) bond motifs is 1. The van der Waals surface area contributed by atoms with E-state index in [4.69, 9.17) is 28.9 Å². The third kappa shape index (κ3) is 2.53. The molecule has 0 amide bonds.